The first kappa shape index (κ1) is 15.6. The monoisotopic (exact) mass is 292 g/mol. The van der Waals surface area contributed by atoms with Crippen molar-refractivity contribution in [3.63, 3.8) is 0 Å². The smallest absolute Gasteiger partial charge is 0.241 e. The number of hydrogen-bond donors (Lipinski definition) is 2. The highest BCUT2D eigenvalue weighted by Gasteiger charge is 2.19. The molecular weight excluding hydrogens is 272 g/mol. The third-order valence-electron chi connectivity index (χ3n) is 2.44. The van der Waals surface area contributed by atoms with Gasteiger partial charge in [0.05, 0.1) is 11.5 Å². The molecule has 0 aliphatic carbocycles. The van der Waals surface area contributed by atoms with Crippen LogP contribution in [-0.2, 0) is 16.6 Å². The fourth-order valence-electron chi connectivity index (χ4n) is 1.55. The Morgan fingerprint density at radius 2 is 2.11 bits per heavy atom. The highest BCUT2D eigenvalue weighted by atomic mass is 32.2. The molecule has 0 saturated heterocycles. The molecule has 18 heavy (non-hydrogen) atoms. The maximum absolute atomic E-state index is 12.0. The van der Waals surface area contributed by atoms with Crippen LogP contribution in [0.5, 0.6) is 0 Å². The van der Waals surface area contributed by atoms with Crippen molar-refractivity contribution in [2.75, 3.05) is 27.2 Å². The minimum atomic E-state index is -3.45. The summed E-state index contributed by atoms with van der Waals surface area (Å²) < 4.78 is 26.6. The Hall–Kier alpha value is -0.470. The number of sulfonamides is 1. The summed E-state index contributed by atoms with van der Waals surface area (Å²) in [5.41, 5.74) is 0. The van der Waals surface area contributed by atoms with Gasteiger partial charge in [-0.1, -0.05) is 0 Å². The van der Waals surface area contributed by atoms with Crippen LogP contribution in [0.25, 0.3) is 0 Å². The molecule has 0 aliphatic rings. The molecule has 104 valence electrons. The maximum atomic E-state index is 12.0. The standard InChI is InChI=1S/C11H20N2O3S2/c1-9-11(7-10(8-14)17-9)18(15,16)12-5-4-6-13(2)3/h7,12,14H,4-6,8H2,1-3H3. The second-order valence-corrected chi connectivity index (χ2v) is 7.42. The number of hydrogen-bond acceptors (Lipinski definition) is 5. The number of thiophene rings is 1. The van der Waals surface area contributed by atoms with Gasteiger partial charge in [0.15, 0.2) is 0 Å². The van der Waals surface area contributed by atoms with Crippen LogP contribution in [0.15, 0.2) is 11.0 Å². The van der Waals surface area contributed by atoms with Crippen molar-refractivity contribution in [2.45, 2.75) is 24.8 Å². The zero-order chi connectivity index (χ0) is 13.8. The first-order valence-corrected chi connectivity index (χ1v) is 8.01. The molecular formula is C11H20N2O3S2. The zero-order valence-corrected chi connectivity index (χ0v) is 12.6. The average Bonchev–Trinajstić information content (AvgIpc) is 2.66. The highest BCUT2D eigenvalue weighted by Crippen LogP contribution is 2.25. The van der Waals surface area contributed by atoms with Crippen molar-refractivity contribution in [3.05, 3.63) is 15.8 Å². The lowest BCUT2D eigenvalue weighted by Gasteiger charge is -2.10. The number of aliphatic hydroxyl groups is 1. The summed E-state index contributed by atoms with van der Waals surface area (Å²) in [5, 5.41) is 9.01. The number of nitrogens with one attached hydrogen (secondary N) is 1. The fraction of sp³-hybridized carbons (Fsp3) is 0.636. The Morgan fingerprint density at radius 1 is 1.44 bits per heavy atom. The summed E-state index contributed by atoms with van der Waals surface area (Å²) >= 11 is 1.31. The van der Waals surface area contributed by atoms with E-state index in [1.165, 1.54) is 17.4 Å². The number of aliphatic hydroxyl groups excluding tert-OH is 1. The van der Waals surface area contributed by atoms with Crippen LogP contribution >= 0.6 is 11.3 Å². The van der Waals surface area contributed by atoms with Crippen molar-refractivity contribution in [1.82, 2.24) is 9.62 Å². The minimum absolute atomic E-state index is 0.123. The van der Waals surface area contributed by atoms with Crippen molar-refractivity contribution in [2.24, 2.45) is 0 Å². The van der Waals surface area contributed by atoms with Gasteiger partial charge in [-0.3, -0.25) is 0 Å². The second-order valence-electron chi connectivity index (χ2n) is 4.35. The highest BCUT2D eigenvalue weighted by molar-refractivity contribution is 7.89. The van der Waals surface area contributed by atoms with E-state index in [9.17, 15) is 8.42 Å². The molecule has 0 aromatic carbocycles. The maximum Gasteiger partial charge on any atom is 0.241 e. The lowest BCUT2D eigenvalue weighted by Crippen LogP contribution is -2.27. The van der Waals surface area contributed by atoms with Gasteiger partial charge in [0, 0.05) is 16.3 Å². The van der Waals surface area contributed by atoms with E-state index in [0.717, 1.165) is 13.0 Å². The van der Waals surface area contributed by atoms with E-state index >= 15 is 0 Å². The van der Waals surface area contributed by atoms with Crippen LogP contribution in [0.3, 0.4) is 0 Å². The number of nitrogens with zero attached hydrogens (tertiary/aromatic N) is 1. The van der Waals surface area contributed by atoms with Crippen LogP contribution in [0.4, 0.5) is 0 Å². The lowest BCUT2D eigenvalue weighted by atomic mass is 10.4. The van der Waals surface area contributed by atoms with Gasteiger partial charge in [0.1, 0.15) is 0 Å². The van der Waals surface area contributed by atoms with Crippen LogP contribution in [0.1, 0.15) is 16.2 Å². The molecule has 0 fully saturated rings. The van der Waals surface area contributed by atoms with Crippen LogP contribution in [0.2, 0.25) is 0 Å². The van der Waals surface area contributed by atoms with Crippen molar-refractivity contribution in [1.29, 1.82) is 0 Å². The fourth-order valence-corrected chi connectivity index (χ4v) is 4.12. The van der Waals surface area contributed by atoms with Gasteiger partial charge in [0.2, 0.25) is 10.0 Å². The van der Waals surface area contributed by atoms with Gasteiger partial charge in [-0.25, -0.2) is 13.1 Å². The summed E-state index contributed by atoms with van der Waals surface area (Å²) in [6.45, 7) is 2.89. The Morgan fingerprint density at radius 3 is 2.61 bits per heavy atom. The quantitative estimate of drug-likeness (QED) is 0.729. The summed E-state index contributed by atoms with van der Waals surface area (Å²) in [6.07, 6.45) is 0.766. The molecule has 0 amide bonds. The van der Waals surface area contributed by atoms with Gasteiger partial charge in [0.25, 0.3) is 0 Å². The molecule has 7 heteroatoms. The van der Waals surface area contributed by atoms with E-state index in [2.05, 4.69) is 4.72 Å². The number of rotatable bonds is 7. The zero-order valence-electron chi connectivity index (χ0n) is 10.9. The van der Waals surface area contributed by atoms with Crippen molar-refractivity contribution in [3.8, 4) is 0 Å². The molecule has 1 aromatic heterocycles. The Kier molecular flexibility index (Phi) is 5.74. The summed E-state index contributed by atoms with van der Waals surface area (Å²) in [4.78, 5) is 3.66. The van der Waals surface area contributed by atoms with Gasteiger partial charge < -0.3 is 10.0 Å². The SMILES string of the molecule is Cc1sc(CO)cc1S(=O)(=O)NCCCN(C)C. The van der Waals surface area contributed by atoms with Crippen LogP contribution in [-0.4, -0.2) is 45.6 Å². The Labute approximate surface area is 112 Å². The Bertz CT molecular complexity index is 480. The average molecular weight is 292 g/mol. The minimum Gasteiger partial charge on any atom is -0.391 e. The molecule has 2 N–H and O–H groups in total. The molecule has 0 unspecified atom stereocenters. The third-order valence-corrected chi connectivity index (χ3v) is 5.19. The van der Waals surface area contributed by atoms with E-state index in [1.807, 2.05) is 19.0 Å². The van der Waals surface area contributed by atoms with E-state index in [4.69, 9.17) is 5.11 Å². The van der Waals surface area contributed by atoms with E-state index < -0.39 is 10.0 Å². The van der Waals surface area contributed by atoms with E-state index in [0.29, 0.717) is 16.3 Å². The van der Waals surface area contributed by atoms with Crippen molar-refractivity contribution < 1.29 is 13.5 Å². The molecule has 0 saturated carbocycles. The molecule has 0 atom stereocenters. The van der Waals surface area contributed by atoms with Crippen molar-refractivity contribution >= 4 is 21.4 Å². The number of aryl methyl sites for hydroxylation is 1. The Balaban J connectivity index is 2.65. The summed E-state index contributed by atoms with van der Waals surface area (Å²) in [5.74, 6) is 0. The second kappa shape index (κ2) is 6.63. The van der Waals surface area contributed by atoms with Gasteiger partial charge in [-0.05, 0) is 40.1 Å². The molecule has 0 spiro atoms. The van der Waals surface area contributed by atoms with Crippen LogP contribution in [0, 0.1) is 6.92 Å². The summed E-state index contributed by atoms with van der Waals surface area (Å²) in [6, 6.07) is 1.54. The molecule has 0 aliphatic heterocycles. The van der Waals surface area contributed by atoms with Gasteiger partial charge >= 0.3 is 0 Å². The molecule has 1 aromatic rings. The first-order chi connectivity index (χ1) is 8.36. The first-order valence-electron chi connectivity index (χ1n) is 5.71. The van der Waals surface area contributed by atoms with Gasteiger partial charge in [-0.15, -0.1) is 11.3 Å². The molecule has 5 nitrogen and oxygen atoms in total. The molecule has 0 radical (unpaired) electrons. The topological polar surface area (TPSA) is 69.6 Å². The van der Waals surface area contributed by atoms with E-state index in [1.54, 1.807) is 6.92 Å². The predicted molar refractivity (Wildman–Crippen MR) is 73.3 cm³/mol. The normalized spacial score (nSPS) is 12.3. The summed E-state index contributed by atoms with van der Waals surface area (Å²) in [7, 11) is 0.452. The van der Waals surface area contributed by atoms with E-state index in [-0.39, 0.29) is 11.5 Å². The van der Waals surface area contributed by atoms with Gasteiger partial charge in [-0.2, -0.15) is 0 Å². The third kappa shape index (κ3) is 4.33. The molecule has 0 bridgehead atoms. The largest absolute Gasteiger partial charge is 0.391 e. The lowest BCUT2D eigenvalue weighted by molar-refractivity contribution is 0.285. The van der Waals surface area contributed by atoms with Crippen LogP contribution < -0.4 is 4.72 Å². The molecule has 1 rings (SSSR count). The molecule has 1 heterocycles. The predicted octanol–water partition coefficient (Wildman–Crippen LogP) is 0.779.